The highest BCUT2D eigenvalue weighted by Crippen LogP contribution is 2.27. The van der Waals surface area contributed by atoms with Crippen LogP contribution in [0.1, 0.15) is 37.7 Å². The molecule has 0 aromatic heterocycles. The summed E-state index contributed by atoms with van der Waals surface area (Å²) in [5.74, 6) is 0.707. The van der Waals surface area contributed by atoms with Crippen molar-refractivity contribution in [1.82, 2.24) is 4.90 Å². The molecule has 0 bridgehead atoms. The number of nitrogens with zero attached hydrogens (tertiary/aromatic N) is 2. The summed E-state index contributed by atoms with van der Waals surface area (Å²) in [6.07, 6.45) is 5.97. The van der Waals surface area contributed by atoms with Crippen molar-refractivity contribution in [2.45, 2.75) is 39.0 Å². The van der Waals surface area contributed by atoms with Crippen molar-refractivity contribution < 1.29 is 4.79 Å². The van der Waals surface area contributed by atoms with Gasteiger partial charge in [-0.1, -0.05) is 41.3 Å². The van der Waals surface area contributed by atoms with Crippen molar-refractivity contribution in [2.24, 2.45) is 5.92 Å². The van der Waals surface area contributed by atoms with Gasteiger partial charge in [0.05, 0.1) is 0 Å². The van der Waals surface area contributed by atoms with Crippen LogP contribution in [0.15, 0.2) is 22.7 Å². The number of hydrogen-bond donors (Lipinski definition) is 0. The van der Waals surface area contributed by atoms with Crippen molar-refractivity contribution in [2.75, 3.05) is 31.1 Å². The zero-order valence-corrected chi connectivity index (χ0v) is 14.9. The van der Waals surface area contributed by atoms with E-state index >= 15 is 0 Å². The first-order chi connectivity index (χ1) is 10.6. The van der Waals surface area contributed by atoms with Crippen molar-refractivity contribution in [3.63, 3.8) is 0 Å². The number of carbonyl (C=O) groups excluding carboxylic acids is 1. The Labute approximate surface area is 141 Å². The average molecular weight is 365 g/mol. The molecule has 2 fully saturated rings. The Morgan fingerprint density at radius 2 is 1.77 bits per heavy atom. The van der Waals surface area contributed by atoms with E-state index in [-0.39, 0.29) is 0 Å². The lowest BCUT2D eigenvalue weighted by atomic mass is 9.88. The lowest BCUT2D eigenvalue weighted by molar-refractivity contribution is -0.136. The molecule has 0 spiro atoms. The molecule has 1 aromatic rings. The molecule has 0 N–H and O–H groups in total. The molecule has 4 heteroatoms. The molecule has 120 valence electrons. The number of carbonyl (C=O) groups is 1. The van der Waals surface area contributed by atoms with E-state index in [9.17, 15) is 4.79 Å². The fourth-order valence-corrected chi connectivity index (χ4v) is 3.94. The van der Waals surface area contributed by atoms with Crippen molar-refractivity contribution in [3.05, 3.63) is 28.2 Å². The van der Waals surface area contributed by atoms with Gasteiger partial charge in [-0.05, 0) is 37.5 Å². The molecule has 0 radical (unpaired) electrons. The smallest absolute Gasteiger partial charge is 0.225 e. The SMILES string of the molecule is Cc1ccc(N2CCN(C(=O)C3CCCCC3)CC2)cc1Br. The lowest BCUT2D eigenvalue weighted by Crippen LogP contribution is -2.50. The van der Waals surface area contributed by atoms with Crippen molar-refractivity contribution in [1.29, 1.82) is 0 Å². The van der Waals surface area contributed by atoms with E-state index in [1.54, 1.807) is 0 Å². The van der Waals surface area contributed by atoms with E-state index in [0.29, 0.717) is 11.8 Å². The highest BCUT2D eigenvalue weighted by molar-refractivity contribution is 9.10. The quantitative estimate of drug-likeness (QED) is 0.791. The van der Waals surface area contributed by atoms with Gasteiger partial charge >= 0.3 is 0 Å². The fourth-order valence-electron chi connectivity index (χ4n) is 3.57. The van der Waals surface area contributed by atoms with Gasteiger partial charge in [0.2, 0.25) is 5.91 Å². The molecule has 0 atom stereocenters. The zero-order chi connectivity index (χ0) is 15.5. The van der Waals surface area contributed by atoms with Crippen LogP contribution in [-0.2, 0) is 4.79 Å². The third-order valence-corrected chi connectivity index (χ3v) is 5.92. The summed E-state index contributed by atoms with van der Waals surface area (Å²) in [4.78, 5) is 17.1. The van der Waals surface area contributed by atoms with E-state index in [1.165, 1.54) is 30.5 Å². The van der Waals surface area contributed by atoms with Crippen LogP contribution in [0.2, 0.25) is 0 Å². The Bertz CT molecular complexity index is 532. The maximum atomic E-state index is 12.6. The van der Waals surface area contributed by atoms with Crippen molar-refractivity contribution in [3.8, 4) is 0 Å². The monoisotopic (exact) mass is 364 g/mol. The highest BCUT2D eigenvalue weighted by Gasteiger charge is 2.28. The molecule has 1 aliphatic carbocycles. The number of amides is 1. The maximum Gasteiger partial charge on any atom is 0.225 e. The Morgan fingerprint density at radius 3 is 2.41 bits per heavy atom. The number of piperazine rings is 1. The topological polar surface area (TPSA) is 23.6 Å². The molecule has 2 aliphatic rings. The van der Waals surface area contributed by atoms with Crippen molar-refractivity contribution >= 4 is 27.5 Å². The summed E-state index contributed by atoms with van der Waals surface area (Å²) in [5.41, 5.74) is 2.51. The van der Waals surface area contributed by atoms with E-state index in [2.05, 4.69) is 50.9 Å². The summed E-state index contributed by atoms with van der Waals surface area (Å²) in [7, 11) is 0. The Kier molecular flexibility index (Phi) is 5.07. The summed E-state index contributed by atoms with van der Waals surface area (Å²) in [5, 5.41) is 0. The average Bonchev–Trinajstić information content (AvgIpc) is 2.58. The Hall–Kier alpha value is -1.03. The molecule has 1 saturated carbocycles. The molecule has 1 heterocycles. The standard InChI is InChI=1S/C18H25BrN2O/c1-14-7-8-16(13-17(14)19)20-9-11-21(12-10-20)18(22)15-5-3-2-4-6-15/h7-8,13,15H,2-6,9-12H2,1H3. The first-order valence-electron chi connectivity index (χ1n) is 8.45. The molecule has 0 unspecified atom stereocenters. The largest absolute Gasteiger partial charge is 0.368 e. The molecule has 1 aliphatic heterocycles. The van der Waals surface area contributed by atoms with Gasteiger partial charge in [-0.3, -0.25) is 4.79 Å². The first kappa shape index (κ1) is 15.9. The number of anilines is 1. The number of aryl methyl sites for hydroxylation is 1. The molecular formula is C18H25BrN2O. The minimum Gasteiger partial charge on any atom is -0.368 e. The number of halogens is 1. The molecule has 1 amide bonds. The molecule has 22 heavy (non-hydrogen) atoms. The second-order valence-corrected chi connectivity index (χ2v) is 7.44. The third-order valence-electron chi connectivity index (χ3n) is 5.07. The van der Waals surface area contributed by atoms with Crippen LogP contribution in [0, 0.1) is 12.8 Å². The summed E-state index contributed by atoms with van der Waals surface area (Å²) in [6, 6.07) is 6.52. The van der Waals surface area contributed by atoms with E-state index in [4.69, 9.17) is 0 Å². The fraction of sp³-hybridized carbons (Fsp3) is 0.611. The van der Waals surface area contributed by atoms with Crippen LogP contribution < -0.4 is 4.90 Å². The molecular weight excluding hydrogens is 340 g/mol. The normalized spacial score (nSPS) is 20.3. The summed E-state index contributed by atoms with van der Waals surface area (Å²) >= 11 is 3.61. The van der Waals surface area contributed by atoms with E-state index in [0.717, 1.165) is 43.5 Å². The highest BCUT2D eigenvalue weighted by atomic mass is 79.9. The van der Waals surface area contributed by atoms with Gasteiger partial charge in [-0.2, -0.15) is 0 Å². The molecule has 3 rings (SSSR count). The Morgan fingerprint density at radius 1 is 1.09 bits per heavy atom. The third kappa shape index (κ3) is 3.48. The maximum absolute atomic E-state index is 12.6. The van der Waals surface area contributed by atoms with Gasteiger partial charge in [-0.25, -0.2) is 0 Å². The van der Waals surface area contributed by atoms with Crippen LogP contribution in [0.25, 0.3) is 0 Å². The predicted octanol–water partition coefficient (Wildman–Crippen LogP) is 3.99. The second-order valence-electron chi connectivity index (χ2n) is 6.58. The summed E-state index contributed by atoms with van der Waals surface area (Å²) < 4.78 is 1.16. The van der Waals surface area contributed by atoms with Gasteiger partial charge in [0.1, 0.15) is 0 Å². The number of rotatable bonds is 2. The van der Waals surface area contributed by atoms with Gasteiger partial charge in [0, 0.05) is 42.3 Å². The zero-order valence-electron chi connectivity index (χ0n) is 13.4. The minimum absolute atomic E-state index is 0.300. The van der Waals surface area contributed by atoms with Crippen LogP contribution in [0.5, 0.6) is 0 Å². The van der Waals surface area contributed by atoms with Gasteiger partial charge in [0.25, 0.3) is 0 Å². The van der Waals surface area contributed by atoms with Gasteiger partial charge in [0.15, 0.2) is 0 Å². The molecule has 1 aromatic carbocycles. The van der Waals surface area contributed by atoms with Crippen LogP contribution in [0.3, 0.4) is 0 Å². The van der Waals surface area contributed by atoms with Gasteiger partial charge in [-0.15, -0.1) is 0 Å². The van der Waals surface area contributed by atoms with E-state index in [1.807, 2.05) is 0 Å². The second kappa shape index (κ2) is 7.03. The van der Waals surface area contributed by atoms with E-state index < -0.39 is 0 Å². The molecule has 3 nitrogen and oxygen atoms in total. The lowest BCUT2D eigenvalue weighted by Gasteiger charge is -2.38. The van der Waals surface area contributed by atoms with Crippen LogP contribution in [0.4, 0.5) is 5.69 Å². The predicted molar refractivity (Wildman–Crippen MR) is 94.2 cm³/mol. The minimum atomic E-state index is 0.300. The van der Waals surface area contributed by atoms with Crippen LogP contribution >= 0.6 is 15.9 Å². The molecule has 1 saturated heterocycles. The van der Waals surface area contributed by atoms with Crippen LogP contribution in [-0.4, -0.2) is 37.0 Å². The first-order valence-corrected chi connectivity index (χ1v) is 9.24. The number of hydrogen-bond acceptors (Lipinski definition) is 2. The van der Waals surface area contributed by atoms with Gasteiger partial charge < -0.3 is 9.80 Å². The Balaban J connectivity index is 1.57. The number of benzene rings is 1. The summed E-state index contributed by atoms with van der Waals surface area (Å²) in [6.45, 7) is 5.71.